The van der Waals surface area contributed by atoms with Crippen molar-refractivity contribution < 1.29 is 22.4 Å². The third kappa shape index (κ3) is 5.29. The zero-order valence-electron chi connectivity index (χ0n) is 19.8. The van der Waals surface area contributed by atoms with Crippen LogP contribution >= 0.6 is 11.6 Å². The summed E-state index contributed by atoms with van der Waals surface area (Å²) in [5.41, 5.74) is 5.82. The summed E-state index contributed by atoms with van der Waals surface area (Å²) in [5, 5.41) is 5.61. The molecule has 2 fully saturated rings. The van der Waals surface area contributed by atoms with Gasteiger partial charge in [-0.3, -0.25) is 9.36 Å². The average molecular weight is 540 g/mol. The van der Waals surface area contributed by atoms with Crippen LogP contribution in [0.25, 0.3) is 11.2 Å². The highest BCUT2D eigenvalue weighted by molar-refractivity contribution is 6.31. The minimum Gasteiger partial charge on any atom is -0.369 e. The van der Waals surface area contributed by atoms with Crippen LogP contribution < -0.4 is 16.4 Å². The molecule has 0 spiro atoms. The second kappa shape index (κ2) is 9.96. The molecule has 0 unspecified atom stereocenters. The summed E-state index contributed by atoms with van der Waals surface area (Å²) in [6.45, 7) is 0. The first kappa shape index (κ1) is 25.5. The number of nitrogens with zero attached hydrogens (tertiary/aromatic N) is 4. The molecule has 2 aromatic heterocycles. The van der Waals surface area contributed by atoms with Crippen molar-refractivity contribution in [3.63, 3.8) is 0 Å². The predicted molar refractivity (Wildman–Crippen MR) is 131 cm³/mol. The van der Waals surface area contributed by atoms with Crippen molar-refractivity contribution in [2.75, 3.05) is 10.6 Å². The van der Waals surface area contributed by atoms with Gasteiger partial charge in [0.1, 0.15) is 17.0 Å². The van der Waals surface area contributed by atoms with E-state index in [1.54, 1.807) is 4.57 Å². The third-order valence-corrected chi connectivity index (χ3v) is 7.52. The van der Waals surface area contributed by atoms with Crippen LogP contribution in [0.5, 0.6) is 0 Å². The van der Waals surface area contributed by atoms with Crippen molar-refractivity contribution in [1.82, 2.24) is 19.5 Å². The Kier molecular flexibility index (Phi) is 6.86. The molecule has 4 N–H and O–H groups in total. The first-order valence-electron chi connectivity index (χ1n) is 12.2. The number of halogens is 5. The first-order chi connectivity index (χ1) is 17.6. The summed E-state index contributed by atoms with van der Waals surface area (Å²) in [7, 11) is 0. The number of hydrogen-bond acceptors (Lipinski definition) is 6. The molecule has 8 nitrogen and oxygen atoms in total. The number of carbonyl (C=O) groups excluding carboxylic acids is 1. The van der Waals surface area contributed by atoms with E-state index in [1.165, 1.54) is 6.20 Å². The van der Waals surface area contributed by atoms with E-state index in [0.29, 0.717) is 36.8 Å². The molecule has 1 amide bonds. The standard InChI is InChI=1S/C24H26ClF4N7O/c25-15-5-6-16(26)19(18(15)27)34-23-33-17-11-31-22(32-13-7-9-24(28,29)10-8-13)35-21(17)36(23)14-3-1-12(2-4-14)20(30)37/h5-6,11-14H,1-4,7-10H2,(H2,30,37)(H,33,34)(H,31,32,35)/t12-,14+. The van der Waals surface area contributed by atoms with Crippen LogP contribution in [0.3, 0.4) is 0 Å². The van der Waals surface area contributed by atoms with Gasteiger partial charge in [-0.25, -0.2) is 27.5 Å². The monoisotopic (exact) mass is 539 g/mol. The van der Waals surface area contributed by atoms with E-state index in [4.69, 9.17) is 17.3 Å². The van der Waals surface area contributed by atoms with E-state index in [9.17, 15) is 22.4 Å². The van der Waals surface area contributed by atoms with Crippen LogP contribution in [0.4, 0.5) is 35.1 Å². The highest BCUT2D eigenvalue weighted by atomic mass is 35.5. The van der Waals surface area contributed by atoms with E-state index in [2.05, 4.69) is 25.6 Å². The molecule has 0 bridgehead atoms. The van der Waals surface area contributed by atoms with E-state index in [-0.39, 0.29) is 66.5 Å². The smallest absolute Gasteiger partial charge is 0.248 e. The molecule has 13 heteroatoms. The summed E-state index contributed by atoms with van der Waals surface area (Å²) in [4.78, 5) is 25.0. The fourth-order valence-corrected chi connectivity index (χ4v) is 5.29. The number of rotatable bonds is 6. The Morgan fingerprint density at radius 3 is 2.46 bits per heavy atom. The van der Waals surface area contributed by atoms with Gasteiger partial charge in [0.15, 0.2) is 11.5 Å². The van der Waals surface area contributed by atoms with Crippen molar-refractivity contribution >= 4 is 46.3 Å². The lowest BCUT2D eigenvalue weighted by Gasteiger charge is -2.29. The molecule has 3 aromatic rings. The van der Waals surface area contributed by atoms with Gasteiger partial charge in [-0.05, 0) is 50.7 Å². The highest BCUT2D eigenvalue weighted by Gasteiger charge is 2.35. The van der Waals surface area contributed by atoms with Crippen LogP contribution in [-0.2, 0) is 4.79 Å². The summed E-state index contributed by atoms with van der Waals surface area (Å²) >= 11 is 5.87. The molecule has 0 radical (unpaired) electrons. The third-order valence-electron chi connectivity index (χ3n) is 7.23. The molecule has 1 aromatic carbocycles. The SMILES string of the molecule is NC(=O)[C@H]1CC[C@@H](n2c(Nc3c(F)ccc(Cl)c3F)nc3cnc(NC4CCC(F)(F)CC4)nc32)CC1. The number of alkyl halides is 2. The molecule has 0 saturated heterocycles. The summed E-state index contributed by atoms with van der Waals surface area (Å²) in [6.07, 6.45) is 3.85. The number of benzene rings is 1. The molecular formula is C24H26ClF4N7O. The Hall–Kier alpha value is -3.15. The summed E-state index contributed by atoms with van der Waals surface area (Å²) in [6, 6.07) is 1.78. The number of nitrogens with one attached hydrogen (secondary N) is 2. The van der Waals surface area contributed by atoms with Crippen LogP contribution in [0, 0.1) is 17.6 Å². The van der Waals surface area contributed by atoms with Gasteiger partial charge < -0.3 is 16.4 Å². The zero-order valence-corrected chi connectivity index (χ0v) is 20.5. The van der Waals surface area contributed by atoms with Gasteiger partial charge in [-0.15, -0.1) is 0 Å². The molecule has 198 valence electrons. The van der Waals surface area contributed by atoms with E-state index < -0.39 is 23.2 Å². The van der Waals surface area contributed by atoms with Gasteiger partial charge in [0.2, 0.25) is 23.7 Å². The molecule has 0 aliphatic heterocycles. The summed E-state index contributed by atoms with van der Waals surface area (Å²) in [5.74, 6) is -4.68. The number of aromatic nitrogens is 4. The fraction of sp³-hybridized carbons (Fsp3) is 0.500. The number of hydrogen-bond donors (Lipinski definition) is 3. The van der Waals surface area contributed by atoms with Crippen LogP contribution in [-0.4, -0.2) is 37.4 Å². The molecule has 0 atom stereocenters. The topological polar surface area (TPSA) is 111 Å². The number of primary amides is 1. The van der Waals surface area contributed by atoms with Gasteiger partial charge in [0.25, 0.3) is 0 Å². The second-order valence-electron chi connectivity index (χ2n) is 9.73. The molecule has 37 heavy (non-hydrogen) atoms. The zero-order chi connectivity index (χ0) is 26.3. The van der Waals surface area contributed by atoms with Gasteiger partial charge in [0.05, 0.1) is 11.2 Å². The van der Waals surface area contributed by atoms with Crippen LogP contribution in [0.15, 0.2) is 18.3 Å². The molecule has 2 saturated carbocycles. The Morgan fingerprint density at radius 1 is 1.08 bits per heavy atom. The molecular weight excluding hydrogens is 514 g/mol. The Labute approximate surface area is 215 Å². The Balaban J connectivity index is 1.50. The lowest BCUT2D eigenvalue weighted by molar-refractivity contribution is -0.122. The van der Waals surface area contributed by atoms with E-state index in [0.717, 1.165) is 12.1 Å². The van der Waals surface area contributed by atoms with Gasteiger partial charge in [-0.1, -0.05) is 11.6 Å². The largest absolute Gasteiger partial charge is 0.369 e. The average Bonchev–Trinajstić information content (AvgIpc) is 3.23. The van der Waals surface area contributed by atoms with Crippen molar-refractivity contribution in [3.05, 3.63) is 35.0 Å². The second-order valence-corrected chi connectivity index (χ2v) is 10.1. The van der Waals surface area contributed by atoms with Gasteiger partial charge in [0, 0.05) is 30.8 Å². The minimum atomic E-state index is -2.66. The number of anilines is 3. The molecule has 2 heterocycles. The maximum atomic E-state index is 14.7. The Bertz CT molecular complexity index is 1320. The normalized spacial score (nSPS) is 22.2. The predicted octanol–water partition coefficient (Wildman–Crippen LogP) is 5.71. The molecule has 2 aliphatic rings. The van der Waals surface area contributed by atoms with Crippen molar-refractivity contribution in [1.29, 1.82) is 0 Å². The Morgan fingerprint density at radius 2 is 1.78 bits per heavy atom. The minimum absolute atomic E-state index is 0.140. The number of nitrogens with two attached hydrogens (primary N) is 1. The number of amides is 1. The number of imidazole rings is 1. The fourth-order valence-electron chi connectivity index (χ4n) is 5.13. The van der Waals surface area contributed by atoms with E-state index in [1.807, 2.05) is 0 Å². The number of carbonyl (C=O) groups is 1. The summed E-state index contributed by atoms with van der Waals surface area (Å²) < 4.78 is 58.1. The van der Waals surface area contributed by atoms with Gasteiger partial charge in [-0.2, -0.15) is 4.98 Å². The quantitative estimate of drug-likeness (QED) is 0.273. The molecule has 2 aliphatic carbocycles. The van der Waals surface area contributed by atoms with Crippen molar-refractivity contribution in [2.45, 2.75) is 69.4 Å². The highest BCUT2D eigenvalue weighted by Crippen LogP contribution is 2.38. The first-order valence-corrected chi connectivity index (χ1v) is 12.6. The van der Waals surface area contributed by atoms with Crippen LogP contribution in [0.1, 0.15) is 57.4 Å². The maximum absolute atomic E-state index is 14.7. The number of fused-ring (bicyclic) bond motifs is 1. The van der Waals surface area contributed by atoms with Gasteiger partial charge >= 0.3 is 0 Å². The maximum Gasteiger partial charge on any atom is 0.248 e. The van der Waals surface area contributed by atoms with E-state index >= 15 is 0 Å². The van der Waals surface area contributed by atoms with Crippen LogP contribution in [0.2, 0.25) is 5.02 Å². The van der Waals surface area contributed by atoms with Crippen molar-refractivity contribution in [2.24, 2.45) is 11.7 Å². The molecule has 5 rings (SSSR count). The lowest BCUT2D eigenvalue weighted by atomic mass is 9.85. The van der Waals surface area contributed by atoms with Crippen molar-refractivity contribution in [3.8, 4) is 0 Å². The lowest BCUT2D eigenvalue weighted by Crippen LogP contribution is -2.32.